The number of ether oxygens (including phenoxy) is 2. The average molecular weight is 207 g/mol. The van der Waals surface area contributed by atoms with Crippen LogP contribution in [0.4, 0.5) is 0 Å². The van der Waals surface area contributed by atoms with E-state index in [0.29, 0.717) is 6.61 Å². The van der Waals surface area contributed by atoms with Gasteiger partial charge in [0.1, 0.15) is 12.0 Å². The summed E-state index contributed by atoms with van der Waals surface area (Å²) < 4.78 is 11.1. The molecule has 3 nitrogen and oxygen atoms in total. The van der Waals surface area contributed by atoms with Crippen molar-refractivity contribution in [2.75, 3.05) is 26.8 Å². The molecule has 0 amide bonds. The van der Waals surface area contributed by atoms with Gasteiger partial charge in [-0.25, -0.2) is 0 Å². The Morgan fingerprint density at radius 1 is 1.53 bits per heavy atom. The largest absolute Gasteiger partial charge is 0.494 e. The molecule has 0 radical (unpaired) electrons. The summed E-state index contributed by atoms with van der Waals surface area (Å²) in [4.78, 5) is 2.20. The maximum atomic E-state index is 5.65. The summed E-state index contributed by atoms with van der Waals surface area (Å²) in [5.74, 6) is 0.916. The van der Waals surface area contributed by atoms with E-state index in [4.69, 9.17) is 9.47 Å². The molecule has 1 unspecified atom stereocenters. The van der Waals surface area contributed by atoms with Crippen molar-refractivity contribution in [3.63, 3.8) is 0 Å². The van der Waals surface area contributed by atoms with Crippen LogP contribution < -0.4 is 4.74 Å². The third kappa shape index (κ3) is 2.30. The molecule has 1 fully saturated rings. The first kappa shape index (κ1) is 10.5. The first-order valence-electron chi connectivity index (χ1n) is 5.36. The van der Waals surface area contributed by atoms with E-state index in [9.17, 15) is 0 Å². The molecule has 1 heterocycles. The van der Waals surface area contributed by atoms with Crippen LogP contribution in [0.15, 0.2) is 24.3 Å². The molecule has 1 aliphatic rings. The molecule has 1 aromatic rings. The van der Waals surface area contributed by atoms with Crippen molar-refractivity contribution in [1.29, 1.82) is 0 Å². The first-order valence-corrected chi connectivity index (χ1v) is 5.36. The van der Waals surface area contributed by atoms with E-state index >= 15 is 0 Å². The molecular formula is C12H17NO2. The van der Waals surface area contributed by atoms with E-state index in [1.807, 2.05) is 19.1 Å². The van der Waals surface area contributed by atoms with Crippen molar-refractivity contribution < 1.29 is 9.47 Å². The monoisotopic (exact) mass is 207 g/mol. The van der Waals surface area contributed by atoms with Crippen molar-refractivity contribution in [3.8, 4) is 5.75 Å². The molecule has 0 aromatic heterocycles. The number of likely N-dealkylation sites (N-methyl/N-ethyl adjacent to an activating group) is 1. The van der Waals surface area contributed by atoms with Gasteiger partial charge in [0.15, 0.2) is 0 Å². The predicted octanol–water partition coefficient (Wildman–Crippen LogP) is 2.05. The van der Waals surface area contributed by atoms with Crippen molar-refractivity contribution >= 4 is 0 Å². The van der Waals surface area contributed by atoms with Crippen molar-refractivity contribution in [2.45, 2.75) is 13.2 Å². The number of rotatable bonds is 3. The molecule has 0 bridgehead atoms. The van der Waals surface area contributed by atoms with Gasteiger partial charge in [0.05, 0.1) is 13.2 Å². The quantitative estimate of drug-likeness (QED) is 0.757. The van der Waals surface area contributed by atoms with Crippen molar-refractivity contribution in [1.82, 2.24) is 4.90 Å². The highest BCUT2D eigenvalue weighted by atomic mass is 16.5. The Kier molecular flexibility index (Phi) is 3.23. The minimum Gasteiger partial charge on any atom is -0.494 e. The summed E-state index contributed by atoms with van der Waals surface area (Å²) in [6.45, 7) is 4.49. The summed E-state index contributed by atoms with van der Waals surface area (Å²) in [7, 11) is 2.07. The summed E-state index contributed by atoms with van der Waals surface area (Å²) in [5, 5.41) is 0. The lowest BCUT2D eigenvalue weighted by atomic mass is 10.2. The summed E-state index contributed by atoms with van der Waals surface area (Å²) >= 11 is 0. The smallest absolute Gasteiger partial charge is 0.136 e. The Labute approximate surface area is 90.6 Å². The van der Waals surface area contributed by atoms with Crippen LogP contribution in [-0.2, 0) is 4.74 Å². The van der Waals surface area contributed by atoms with Gasteiger partial charge in [0.2, 0.25) is 0 Å². The van der Waals surface area contributed by atoms with Gasteiger partial charge in [-0.1, -0.05) is 12.1 Å². The van der Waals surface area contributed by atoms with Crippen LogP contribution in [0.5, 0.6) is 5.75 Å². The molecule has 0 N–H and O–H groups in total. The molecule has 1 saturated heterocycles. The highest BCUT2D eigenvalue weighted by molar-refractivity contribution is 5.30. The highest BCUT2D eigenvalue weighted by Crippen LogP contribution is 2.27. The van der Waals surface area contributed by atoms with Crippen LogP contribution in [0.3, 0.4) is 0 Å². The molecule has 82 valence electrons. The van der Waals surface area contributed by atoms with Crippen LogP contribution in [0.2, 0.25) is 0 Å². The molecule has 0 aliphatic carbocycles. The molecule has 0 spiro atoms. The average Bonchev–Trinajstić information content (AvgIpc) is 2.65. The Balaban J connectivity index is 2.16. The zero-order chi connectivity index (χ0) is 10.7. The van der Waals surface area contributed by atoms with E-state index in [1.54, 1.807) is 0 Å². The van der Waals surface area contributed by atoms with Gasteiger partial charge in [0.25, 0.3) is 0 Å². The van der Waals surface area contributed by atoms with Crippen LogP contribution in [0.25, 0.3) is 0 Å². The van der Waals surface area contributed by atoms with E-state index < -0.39 is 0 Å². The number of hydrogen-bond donors (Lipinski definition) is 0. The van der Waals surface area contributed by atoms with Gasteiger partial charge < -0.3 is 9.47 Å². The van der Waals surface area contributed by atoms with Gasteiger partial charge in [-0.2, -0.15) is 0 Å². The summed E-state index contributed by atoms with van der Waals surface area (Å²) in [6.07, 6.45) is 0.0883. The molecule has 1 aliphatic heterocycles. The lowest BCUT2D eigenvalue weighted by Crippen LogP contribution is -2.18. The maximum Gasteiger partial charge on any atom is 0.136 e. The molecule has 1 aromatic carbocycles. The van der Waals surface area contributed by atoms with Gasteiger partial charge in [-0.15, -0.1) is 0 Å². The fourth-order valence-corrected chi connectivity index (χ4v) is 1.83. The SMILES string of the molecule is CCOc1cccc(C2OCCN2C)c1. The maximum absolute atomic E-state index is 5.65. The second-order valence-electron chi connectivity index (χ2n) is 3.71. The molecule has 1 atom stereocenters. The normalized spacial score (nSPS) is 21.9. The van der Waals surface area contributed by atoms with Crippen LogP contribution in [0.1, 0.15) is 18.7 Å². The van der Waals surface area contributed by atoms with Gasteiger partial charge >= 0.3 is 0 Å². The minimum atomic E-state index is 0.0883. The van der Waals surface area contributed by atoms with Gasteiger partial charge in [-0.05, 0) is 31.7 Å². The Morgan fingerprint density at radius 2 is 2.40 bits per heavy atom. The van der Waals surface area contributed by atoms with E-state index in [-0.39, 0.29) is 6.23 Å². The van der Waals surface area contributed by atoms with Gasteiger partial charge in [0, 0.05) is 6.54 Å². The third-order valence-electron chi connectivity index (χ3n) is 2.57. The second-order valence-corrected chi connectivity index (χ2v) is 3.71. The van der Waals surface area contributed by atoms with E-state index in [0.717, 1.165) is 18.9 Å². The Morgan fingerprint density at radius 3 is 3.07 bits per heavy atom. The number of nitrogens with zero attached hydrogens (tertiary/aromatic N) is 1. The molecule has 2 rings (SSSR count). The molecule has 3 heteroatoms. The molecule has 0 saturated carbocycles. The lowest BCUT2D eigenvalue weighted by Gasteiger charge is -2.18. The van der Waals surface area contributed by atoms with Crippen LogP contribution in [-0.4, -0.2) is 31.7 Å². The predicted molar refractivity (Wildman–Crippen MR) is 58.9 cm³/mol. The van der Waals surface area contributed by atoms with E-state index in [1.165, 1.54) is 5.56 Å². The summed E-state index contributed by atoms with van der Waals surface area (Å²) in [5.41, 5.74) is 1.17. The highest BCUT2D eigenvalue weighted by Gasteiger charge is 2.23. The minimum absolute atomic E-state index is 0.0883. The van der Waals surface area contributed by atoms with Crippen LogP contribution in [0, 0.1) is 0 Å². The molecule has 15 heavy (non-hydrogen) atoms. The zero-order valence-corrected chi connectivity index (χ0v) is 9.27. The second kappa shape index (κ2) is 4.64. The van der Waals surface area contributed by atoms with Crippen LogP contribution >= 0.6 is 0 Å². The van der Waals surface area contributed by atoms with E-state index in [2.05, 4.69) is 24.1 Å². The number of benzene rings is 1. The lowest BCUT2D eigenvalue weighted by molar-refractivity contribution is 0.0452. The fourth-order valence-electron chi connectivity index (χ4n) is 1.83. The Hall–Kier alpha value is -1.06. The number of hydrogen-bond acceptors (Lipinski definition) is 3. The van der Waals surface area contributed by atoms with Crippen molar-refractivity contribution in [2.24, 2.45) is 0 Å². The Bertz CT molecular complexity index is 327. The third-order valence-corrected chi connectivity index (χ3v) is 2.57. The standard InChI is InChI=1S/C12H17NO2/c1-3-14-11-6-4-5-10(9-11)12-13(2)7-8-15-12/h4-6,9,12H,3,7-8H2,1-2H3. The van der Waals surface area contributed by atoms with Gasteiger partial charge in [-0.3, -0.25) is 4.90 Å². The fraction of sp³-hybridized carbons (Fsp3) is 0.500. The topological polar surface area (TPSA) is 21.7 Å². The van der Waals surface area contributed by atoms with Crippen molar-refractivity contribution in [3.05, 3.63) is 29.8 Å². The first-order chi connectivity index (χ1) is 7.31. The zero-order valence-electron chi connectivity index (χ0n) is 9.27. The molecular weight excluding hydrogens is 190 g/mol. The summed E-state index contributed by atoms with van der Waals surface area (Å²) in [6, 6.07) is 8.11.